The van der Waals surface area contributed by atoms with Crippen LogP contribution in [0.5, 0.6) is 0 Å². The van der Waals surface area contributed by atoms with Crippen molar-refractivity contribution in [2.45, 2.75) is 52.4 Å². The summed E-state index contributed by atoms with van der Waals surface area (Å²) in [7, 11) is 0. The summed E-state index contributed by atoms with van der Waals surface area (Å²) in [6.45, 7) is 7.33. The number of allylic oxidation sites excluding steroid dienone is 2. The Balaban J connectivity index is 1.94. The van der Waals surface area contributed by atoms with Gasteiger partial charge in [0.15, 0.2) is 0 Å². The zero-order valence-corrected chi connectivity index (χ0v) is 11.9. The van der Waals surface area contributed by atoms with Gasteiger partial charge in [-0.05, 0) is 48.5 Å². The van der Waals surface area contributed by atoms with Crippen molar-refractivity contribution in [3.05, 3.63) is 47.0 Å². The minimum absolute atomic E-state index is 0.372. The smallest absolute Gasteiger partial charge is 0.00359 e. The first-order chi connectivity index (χ1) is 8.59. The fourth-order valence-corrected chi connectivity index (χ4v) is 4.13. The van der Waals surface area contributed by atoms with Crippen LogP contribution in [0.3, 0.4) is 0 Å². The average Bonchev–Trinajstić information content (AvgIpc) is 2.61. The van der Waals surface area contributed by atoms with Crippen LogP contribution in [0.15, 0.2) is 41.5 Å². The van der Waals surface area contributed by atoms with E-state index < -0.39 is 0 Å². The van der Waals surface area contributed by atoms with E-state index in [0.29, 0.717) is 11.3 Å². The third kappa shape index (κ3) is 1.83. The molecule has 2 aliphatic carbocycles. The molecule has 0 amide bonds. The maximum atomic E-state index is 2.46. The Kier molecular flexibility index (Phi) is 2.84. The molecule has 0 aromatic heterocycles. The van der Waals surface area contributed by atoms with Crippen LogP contribution < -0.4 is 0 Å². The van der Waals surface area contributed by atoms with Gasteiger partial charge in [0.05, 0.1) is 0 Å². The second-order valence-corrected chi connectivity index (χ2v) is 6.82. The summed E-state index contributed by atoms with van der Waals surface area (Å²) < 4.78 is 0. The van der Waals surface area contributed by atoms with Gasteiger partial charge in [-0.1, -0.05) is 62.2 Å². The van der Waals surface area contributed by atoms with Gasteiger partial charge in [0.1, 0.15) is 0 Å². The van der Waals surface area contributed by atoms with Crippen LogP contribution in [-0.2, 0) is 0 Å². The lowest BCUT2D eigenvalue weighted by atomic mass is 9.72. The van der Waals surface area contributed by atoms with Gasteiger partial charge in [0.2, 0.25) is 0 Å². The molecule has 0 heteroatoms. The Morgan fingerprint density at radius 3 is 2.50 bits per heavy atom. The summed E-state index contributed by atoms with van der Waals surface area (Å²) in [6, 6.07) is 11.1. The zero-order chi connectivity index (χ0) is 12.8. The number of benzene rings is 1. The summed E-state index contributed by atoms with van der Waals surface area (Å²) in [4.78, 5) is 0. The highest BCUT2D eigenvalue weighted by atomic mass is 14.5. The molecular formula is C18H24. The van der Waals surface area contributed by atoms with E-state index in [1.165, 1.54) is 31.2 Å². The lowest BCUT2D eigenvalue weighted by Crippen LogP contribution is -2.20. The highest BCUT2D eigenvalue weighted by molar-refractivity contribution is 5.38. The van der Waals surface area contributed by atoms with Crippen LogP contribution >= 0.6 is 0 Å². The van der Waals surface area contributed by atoms with E-state index in [1.54, 1.807) is 11.1 Å². The quantitative estimate of drug-likeness (QED) is 0.583. The Morgan fingerprint density at radius 1 is 1.06 bits per heavy atom. The minimum atomic E-state index is 0.372. The van der Waals surface area contributed by atoms with Gasteiger partial charge in [-0.2, -0.15) is 0 Å². The van der Waals surface area contributed by atoms with Gasteiger partial charge in [-0.15, -0.1) is 0 Å². The minimum Gasteiger partial charge on any atom is -0.0695 e. The van der Waals surface area contributed by atoms with Crippen molar-refractivity contribution in [2.24, 2.45) is 11.3 Å². The van der Waals surface area contributed by atoms with Gasteiger partial charge in [0.25, 0.3) is 0 Å². The van der Waals surface area contributed by atoms with E-state index in [2.05, 4.69) is 51.1 Å². The molecule has 0 fully saturated rings. The van der Waals surface area contributed by atoms with Crippen molar-refractivity contribution in [3.63, 3.8) is 0 Å². The van der Waals surface area contributed by atoms with Crippen LogP contribution in [0.1, 0.15) is 57.9 Å². The molecule has 1 aromatic rings. The van der Waals surface area contributed by atoms with Crippen molar-refractivity contribution < 1.29 is 0 Å². The van der Waals surface area contributed by atoms with Crippen LogP contribution in [0.25, 0.3) is 0 Å². The van der Waals surface area contributed by atoms with Crippen LogP contribution in [-0.4, -0.2) is 0 Å². The number of rotatable bonds is 1. The second kappa shape index (κ2) is 4.26. The van der Waals surface area contributed by atoms with Crippen molar-refractivity contribution in [1.29, 1.82) is 0 Å². The molecule has 1 aromatic carbocycles. The monoisotopic (exact) mass is 240 g/mol. The topological polar surface area (TPSA) is 0 Å². The summed E-state index contributed by atoms with van der Waals surface area (Å²) in [6.07, 6.45) is 5.38. The van der Waals surface area contributed by atoms with E-state index in [9.17, 15) is 0 Å². The highest BCUT2D eigenvalue weighted by Crippen LogP contribution is 2.56. The predicted molar refractivity (Wildman–Crippen MR) is 77.6 cm³/mol. The Morgan fingerprint density at radius 2 is 1.78 bits per heavy atom. The molecule has 0 bridgehead atoms. The third-order valence-electron chi connectivity index (χ3n) is 5.21. The molecule has 0 nitrogen and oxygen atoms in total. The molecular weight excluding hydrogens is 216 g/mol. The van der Waals surface area contributed by atoms with E-state index in [1.807, 2.05) is 0 Å². The van der Waals surface area contributed by atoms with Crippen molar-refractivity contribution in [3.8, 4) is 0 Å². The highest BCUT2D eigenvalue weighted by Gasteiger charge is 2.42. The van der Waals surface area contributed by atoms with Crippen LogP contribution in [0, 0.1) is 11.3 Å². The summed E-state index contributed by atoms with van der Waals surface area (Å²) >= 11 is 0. The molecule has 0 heterocycles. The molecule has 96 valence electrons. The molecule has 0 spiro atoms. The maximum absolute atomic E-state index is 2.46. The van der Waals surface area contributed by atoms with E-state index >= 15 is 0 Å². The van der Waals surface area contributed by atoms with Crippen molar-refractivity contribution >= 4 is 0 Å². The van der Waals surface area contributed by atoms with E-state index in [0.717, 1.165) is 5.92 Å². The molecule has 0 saturated carbocycles. The molecule has 0 aliphatic heterocycles. The number of hydrogen-bond donors (Lipinski definition) is 0. The van der Waals surface area contributed by atoms with Gasteiger partial charge in [-0.3, -0.25) is 0 Å². The fraction of sp³-hybridized carbons (Fsp3) is 0.556. The molecule has 2 aliphatic rings. The Bertz CT molecular complexity index is 464. The predicted octanol–water partition coefficient (Wildman–Crippen LogP) is 5.32. The molecule has 0 N–H and O–H groups in total. The van der Waals surface area contributed by atoms with E-state index in [-0.39, 0.29) is 0 Å². The molecule has 3 rings (SSSR count). The maximum Gasteiger partial charge on any atom is -0.00359 e. The molecule has 2 unspecified atom stereocenters. The average molecular weight is 240 g/mol. The standard InChI is InChI=1S/C18H24/c1-13-9-10-16-15(11-13)12-17(18(16,2)3)14-7-5-4-6-8-14/h4-8,13,17H,9-12H2,1-3H3. The van der Waals surface area contributed by atoms with Crippen LogP contribution in [0.4, 0.5) is 0 Å². The zero-order valence-electron chi connectivity index (χ0n) is 11.9. The lowest BCUT2D eigenvalue weighted by Gasteiger charge is -2.33. The Labute approximate surface area is 111 Å². The SMILES string of the molecule is CC1CCC2=C(C1)CC(c1ccccc1)C2(C)C. The summed E-state index contributed by atoms with van der Waals surface area (Å²) in [5, 5.41) is 0. The van der Waals surface area contributed by atoms with E-state index in [4.69, 9.17) is 0 Å². The number of hydrogen-bond acceptors (Lipinski definition) is 0. The van der Waals surface area contributed by atoms with Gasteiger partial charge in [-0.25, -0.2) is 0 Å². The largest absolute Gasteiger partial charge is 0.0695 e. The lowest BCUT2D eigenvalue weighted by molar-refractivity contribution is 0.361. The fourth-order valence-electron chi connectivity index (χ4n) is 4.13. The Hall–Kier alpha value is -1.04. The van der Waals surface area contributed by atoms with Gasteiger partial charge >= 0.3 is 0 Å². The van der Waals surface area contributed by atoms with Crippen LogP contribution in [0.2, 0.25) is 0 Å². The first-order valence-corrected chi connectivity index (χ1v) is 7.35. The normalized spacial score (nSPS) is 30.4. The van der Waals surface area contributed by atoms with Gasteiger partial charge < -0.3 is 0 Å². The molecule has 2 atom stereocenters. The summed E-state index contributed by atoms with van der Waals surface area (Å²) in [5.41, 5.74) is 5.48. The van der Waals surface area contributed by atoms with Crippen molar-refractivity contribution in [1.82, 2.24) is 0 Å². The molecule has 18 heavy (non-hydrogen) atoms. The third-order valence-corrected chi connectivity index (χ3v) is 5.21. The molecule has 0 radical (unpaired) electrons. The second-order valence-electron chi connectivity index (χ2n) is 6.82. The molecule has 0 saturated heterocycles. The van der Waals surface area contributed by atoms with Crippen molar-refractivity contribution in [2.75, 3.05) is 0 Å². The first kappa shape index (κ1) is 12.0. The van der Waals surface area contributed by atoms with Gasteiger partial charge in [0, 0.05) is 0 Å². The first-order valence-electron chi connectivity index (χ1n) is 7.35. The summed E-state index contributed by atoms with van der Waals surface area (Å²) in [5.74, 6) is 1.60.